The standard InChI is InChI=1S/C22H24N2O4/c1-16(25)18-4-2-3-5-19(18)22(26)24-10-8-23(9-11-24)15-17-6-7-20-21(14-17)28-13-12-27-20/h2-7,14H,8-13,15H2,1H3. The Kier molecular flexibility index (Phi) is 5.30. The van der Waals surface area contributed by atoms with E-state index < -0.39 is 0 Å². The number of amides is 1. The van der Waals surface area contributed by atoms with Crippen molar-refractivity contribution in [2.75, 3.05) is 39.4 Å². The topological polar surface area (TPSA) is 59.1 Å². The molecular formula is C22H24N2O4. The Labute approximate surface area is 164 Å². The summed E-state index contributed by atoms with van der Waals surface area (Å²) in [5.41, 5.74) is 2.16. The number of piperazine rings is 1. The van der Waals surface area contributed by atoms with E-state index in [9.17, 15) is 9.59 Å². The molecular weight excluding hydrogens is 356 g/mol. The minimum absolute atomic E-state index is 0.0650. The van der Waals surface area contributed by atoms with E-state index in [2.05, 4.69) is 11.0 Å². The molecule has 6 heteroatoms. The van der Waals surface area contributed by atoms with Crippen molar-refractivity contribution in [3.05, 3.63) is 59.2 Å². The Balaban J connectivity index is 1.37. The van der Waals surface area contributed by atoms with Crippen LogP contribution >= 0.6 is 0 Å². The molecule has 2 heterocycles. The van der Waals surface area contributed by atoms with Gasteiger partial charge in [0.25, 0.3) is 5.91 Å². The Bertz CT molecular complexity index is 888. The molecule has 0 unspecified atom stereocenters. The Morgan fingerprint density at radius 3 is 2.29 bits per heavy atom. The van der Waals surface area contributed by atoms with Crippen LogP contribution in [-0.4, -0.2) is 60.9 Å². The van der Waals surface area contributed by atoms with Crippen LogP contribution in [0.15, 0.2) is 42.5 Å². The van der Waals surface area contributed by atoms with Gasteiger partial charge in [-0.05, 0) is 30.7 Å². The maximum atomic E-state index is 12.9. The highest BCUT2D eigenvalue weighted by Gasteiger charge is 2.24. The first-order valence-electron chi connectivity index (χ1n) is 9.62. The maximum Gasteiger partial charge on any atom is 0.254 e. The molecule has 146 valence electrons. The summed E-state index contributed by atoms with van der Waals surface area (Å²) < 4.78 is 11.2. The van der Waals surface area contributed by atoms with Crippen LogP contribution < -0.4 is 9.47 Å². The molecule has 2 aliphatic heterocycles. The van der Waals surface area contributed by atoms with Crippen LogP contribution in [0.5, 0.6) is 11.5 Å². The summed E-state index contributed by atoms with van der Waals surface area (Å²) >= 11 is 0. The van der Waals surface area contributed by atoms with Crippen molar-refractivity contribution in [2.24, 2.45) is 0 Å². The third kappa shape index (κ3) is 3.87. The quantitative estimate of drug-likeness (QED) is 0.763. The van der Waals surface area contributed by atoms with Crippen LogP contribution in [0.1, 0.15) is 33.2 Å². The molecule has 0 atom stereocenters. The zero-order valence-corrected chi connectivity index (χ0v) is 16.0. The van der Waals surface area contributed by atoms with Gasteiger partial charge in [0.15, 0.2) is 17.3 Å². The summed E-state index contributed by atoms with van der Waals surface area (Å²) in [6.45, 7) is 6.37. The van der Waals surface area contributed by atoms with Crippen molar-refractivity contribution >= 4 is 11.7 Å². The largest absolute Gasteiger partial charge is 0.486 e. The second kappa shape index (κ2) is 8.02. The molecule has 2 aromatic rings. The van der Waals surface area contributed by atoms with Crippen LogP contribution in [-0.2, 0) is 6.54 Å². The molecule has 0 aliphatic carbocycles. The molecule has 1 amide bonds. The van der Waals surface area contributed by atoms with Gasteiger partial charge in [0.2, 0.25) is 0 Å². The molecule has 0 aromatic heterocycles. The van der Waals surface area contributed by atoms with Crippen molar-refractivity contribution in [3.63, 3.8) is 0 Å². The van der Waals surface area contributed by atoms with Gasteiger partial charge >= 0.3 is 0 Å². The van der Waals surface area contributed by atoms with Crippen molar-refractivity contribution in [1.82, 2.24) is 9.80 Å². The van der Waals surface area contributed by atoms with Crippen LogP contribution in [0.3, 0.4) is 0 Å². The number of Topliss-reactive ketones (excluding diaryl/α,β-unsaturated/α-hetero) is 1. The van der Waals surface area contributed by atoms with Gasteiger partial charge in [-0.2, -0.15) is 0 Å². The number of fused-ring (bicyclic) bond motifs is 1. The predicted octanol–water partition coefficient (Wildman–Crippen LogP) is 2.62. The summed E-state index contributed by atoms with van der Waals surface area (Å²) in [4.78, 5) is 28.8. The van der Waals surface area contributed by atoms with Gasteiger partial charge in [0.1, 0.15) is 13.2 Å². The first-order chi connectivity index (χ1) is 13.6. The number of hydrogen-bond donors (Lipinski definition) is 0. The number of carbonyl (C=O) groups excluding carboxylic acids is 2. The summed E-state index contributed by atoms with van der Waals surface area (Å²) in [5.74, 6) is 1.46. The second-order valence-corrected chi connectivity index (χ2v) is 7.15. The Hall–Kier alpha value is -2.86. The van der Waals surface area contributed by atoms with E-state index in [4.69, 9.17) is 9.47 Å². The number of hydrogen-bond acceptors (Lipinski definition) is 5. The number of rotatable bonds is 4. The maximum absolute atomic E-state index is 12.9. The molecule has 2 aliphatic rings. The number of carbonyl (C=O) groups is 2. The van der Waals surface area contributed by atoms with E-state index >= 15 is 0 Å². The molecule has 2 aromatic carbocycles. The van der Waals surface area contributed by atoms with Crippen molar-refractivity contribution in [1.29, 1.82) is 0 Å². The summed E-state index contributed by atoms with van der Waals surface area (Å²) in [6.07, 6.45) is 0. The lowest BCUT2D eigenvalue weighted by atomic mass is 10.0. The highest BCUT2D eigenvalue weighted by Crippen LogP contribution is 2.31. The van der Waals surface area contributed by atoms with Crippen molar-refractivity contribution in [2.45, 2.75) is 13.5 Å². The Morgan fingerprint density at radius 1 is 0.893 bits per heavy atom. The van der Waals surface area contributed by atoms with Crippen LogP contribution in [0, 0.1) is 0 Å². The number of ether oxygens (including phenoxy) is 2. The average Bonchev–Trinajstić information content (AvgIpc) is 2.73. The molecule has 28 heavy (non-hydrogen) atoms. The highest BCUT2D eigenvalue weighted by molar-refractivity contribution is 6.07. The average molecular weight is 380 g/mol. The number of nitrogens with zero attached hydrogens (tertiary/aromatic N) is 2. The summed E-state index contributed by atoms with van der Waals surface area (Å²) in [6, 6.07) is 13.1. The summed E-state index contributed by atoms with van der Waals surface area (Å²) in [5, 5.41) is 0. The first kappa shape index (κ1) is 18.5. The van der Waals surface area contributed by atoms with E-state index in [0.717, 1.165) is 31.1 Å². The van der Waals surface area contributed by atoms with Gasteiger partial charge in [-0.1, -0.05) is 24.3 Å². The fourth-order valence-corrected chi connectivity index (χ4v) is 3.70. The van der Waals surface area contributed by atoms with Crippen LogP contribution in [0.4, 0.5) is 0 Å². The minimum atomic E-state index is -0.0822. The lowest BCUT2D eigenvalue weighted by Crippen LogP contribution is -2.48. The lowest BCUT2D eigenvalue weighted by molar-refractivity contribution is 0.0625. The third-order valence-corrected chi connectivity index (χ3v) is 5.21. The first-order valence-corrected chi connectivity index (χ1v) is 9.62. The third-order valence-electron chi connectivity index (χ3n) is 5.21. The van der Waals surface area contributed by atoms with E-state index in [1.165, 1.54) is 12.5 Å². The SMILES string of the molecule is CC(=O)c1ccccc1C(=O)N1CCN(Cc2ccc3c(c2)OCCO3)CC1. The predicted molar refractivity (Wildman–Crippen MR) is 105 cm³/mol. The van der Waals surface area contributed by atoms with Gasteiger partial charge in [0, 0.05) is 38.3 Å². The normalized spacial score (nSPS) is 16.7. The molecule has 0 spiro atoms. The van der Waals surface area contributed by atoms with Crippen molar-refractivity contribution in [3.8, 4) is 11.5 Å². The monoisotopic (exact) mass is 380 g/mol. The lowest BCUT2D eigenvalue weighted by Gasteiger charge is -2.35. The van der Waals surface area contributed by atoms with E-state index in [1.54, 1.807) is 24.3 Å². The highest BCUT2D eigenvalue weighted by atomic mass is 16.6. The molecule has 1 fully saturated rings. The molecule has 0 bridgehead atoms. The molecule has 0 saturated carbocycles. The number of benzene rings is 2. The van der Waals surface area contributed by atoms with Gasteiger partial charge in [0.05, 0.1) is 5.56 Å². The fraction of sp³-hybridized carbons (Fsp3) is 0.364. The zero-order valence-electron chi connectivity index (χ0n) is 16.0. The summed E-state index contributed by atoms with van der Waals surface area (Å²) in [7, 11) is 0. The van der Waals surface area contributed by atoms with Gasteiger partial charge in [-0.3, -0.25) is 14.5 Å². The molecule has 6 nitrogen and oxygen atoms in total. The van der Waals surface area contributed by atoms with Gasteiger partial charge in [-0.25, -0.2) is 0 Å². The van der Waals surface area contributed by atoms with Crippen LogP contribution in [0.25, 0.3) is 0 Å². The van der Waals surface area contributed by atoms with Gasteiger partial charge in [-0.15, -0.1) is 0 Å². The number of ketones is 1. The Morgan fingerprint density at radius 2 is 1.57 bits per heavy atom. The minimum Gasteiger partial charge on any atom is -0.486 e. The van der Waals surface area contributed by atoms with E-state index in [1.807, 2.05) is 17.0 Å². The zero-order chi connectivity index (χ0) is 19.5. The smallest absolute Gasteiger partial charge is 0.254 e. The molecule has 4 rings (SSSR count). The van der Waals surface area contributed by atoms with E-state index in [-0.39, 0.29) is 11.7 Å². The van der Waals surface area contributed by atoms with Gasteiger partial charge < -0.3 is 14.4 Å². The molecule has 0 N–H and O–H groups in total. The molecule has 1 saturated heterocycles. The van der Waals surface area contributed by atoms with Crippen molar-refractivity contribution < 1.29 is 19.1 Å². The fourth-order valence-electron chi connectivity index (χ4n) is 3.70. The second-order valence-electron chi connectivity index (χ2n) is 7.15. The van der Waals surface area contributed by atoms with E-state index in [0.29, 0.717) is 37.4 Å². The molecule has 0 radical (unpaired) electrons. The van der Waals surface area contributed by atoms with Crippen LogP contribution in [0.2, 0.25) is 0 Å².